The molecule has 0 aromatic heterocycles. The van der Waals surface area contributed by atoms with Crippen LogP contribution in [0.25, 0.3) is 0 Å². The summed E-state index contributed by atoms with van der Waals surface area (Å²) in [7, 11) is 0. The lowest BCUT2D eigenvalue weighted by molar-refractivity contribution is 0.103. The molecule has 2 aromatic carbocycles. The number of ketones is 1. The van der Waals surface area contributed by atoms with Crippen molar-refractivity contribution < 1.29 is 4.79 Å². The van der Waals surface area contributed by atoms with Crippen molar-refractivity contribution in [1.29, 1.82) is 0 Å². The molecule has 2 rings (SSSR count). The van der Waals surface area contributed by atoms with E-state index in [-0.39, 0.29) is 5.78 Å². The number of benzene rings is 2. The molecule has 0 aliphatic heterocycles. The predicted octanol–water partition coefficient (Wildman–Crippen LogP) is 29.6. The summed E-state index contributed by atoms with van der Waals surface area (Å²) in [5.41, 5.74) is 4.16. The van der Waals surface area contributed by atoms with Crippen LogP contribution >= 0.6 is 0 Å². The molecule has 0 unspecified atom stereocenters. The molecule has 0 heterocycles. The molecular weight excluding hydrogens is 1060 g/mol. The number of para-hydroxylation sites is 2. The average Bonchev–Trinajstić information content (AvgIpc) is 1.82. The van der Waals surface area contributed by atoms with Gasteiger partial charge in [-0.05, 0) is 49.9 Å². The number of carbonyl (C=O) groups is 1. The van der Waals surface area contributed by atoms with Crippen LogP contribution in [0, 0.1) is 0 Å². The Balaban J connectivity index is 2.05. The largest absolute Gasteiger partial charge is 0.371 e. The van der Waals surface area contributed by atoms with Gasteiger partial charge in [-0.25, -0.2) is 0 Å². The van der Waals surface area contributed by atoms with Gasteiger partial charge in [0, 0.05) is 48.7 Å². The molecule has 0 atom stereocenters. The van der Waals surface area contributed by atoms with Crippen LogP contribution in [0.5, 0.6) is 0 Å². The highest BCUT2D eigenvalue weighted by molar-refractivity contribution is 6.15. The fourth-order valence-electron chi connectivity index (χ4n) is 14.1. The highest BCUT2D eigenvalue weighted by Gasteiger charge is 2.22. The van der Waals surface area contributed by atoms with E-state index in [1.807, 2.05) is 0 Å². The molecule has 2 aromatic rings. The lowest BCUT2D eigenvalue weighted by Crippen LogP contribution is -2.29. The molecule has 0 fully saturated rings. The maximum absolute atomic E-state index is 15.3. The summed E-state index contributed by atoms with van der Waals surface area (Å²) in [6, 6.07) is 17.6. The molecule has 0 bridgehead atoms. The average molecular weight is 1220 g/mol. The van der Waals surface area contributed by atoms with E-state index in [0.29, 0.717) is 0 Å². The smallest absolute Gasteiger partial charge is 0.197 e. The van der Waals surface area contributed by atoms with E-state index in [4.69, 9.17) is 0 Å². The Kier molecular flexibility index (Phi) is 61.5. The third kappa shape index (κ3) is 49.4. The van der Waals surface area contributed by atoms with Crippen molar-refractivity contribution in [1.82, 2.24) is 0 Å². The van der Waals surface area contributed by atoms with Gasteiger partial charge in [-0.3, -0.25) is 4.79 Å². The van der Waals surface area contributed by atoms with Crippen LogP contribution in [0.3, 0.4) is 0 Å². The molecule has 0 aliphatic rings. The summed E-state index contributed by atoms with van der Waals surface area (Å²) >= 11 is 0. The Morgan fingerprint density at radius 1 is 0.205 bits per heavy atom. The van der Waals surface area contributed by atoms with Gasteiger partial charge >= 0.3 is 0 Å². The Morgan fingerprint density at radius 2 is 0.341 bits per heavy atom. The molecule has 0 saturated carbocycles. The van der Waals surface area contributed by atoms with Gasteiger partial charge in [0.2, 0.25) is 0 Å². The molecule has 0 N–H and O–H groups in total. The predicted molar refractivity (Wildman–Crippen MR) is 399 cm³/mol. The first-order valence-electron chi connectivity index (χ1n) is 40.9. The Morgan fingerprint density at radius 3 is 0.500 bits per heavy atom. The topological polar surface area (TPSA) is 23.6 Å². The number of hydrogen-bond acceptors (Lipinski definition) is 3. The van der Waals surface area contributed by atoms with Crippen LogP contribution in [0.15, 0.2) is 48.5 Å². The summed E-state index contributed by atoms with van der Waals surface area (Å²) in [4.78, 5) is 20.6. The second-order valence-electron chi connectivity index (χ2n) is 28.6. The maximum atomic E-state index is 15.3. The second-order valence-corrected chi connectivity index (χ2v) is 28.6. The van der Waals surface area contributed by atoms with E-state index in [1.165, 1.54) is 422 Å². The zero-order chi connectivity index (χ0) is 62.8. The Hall–Kier alpha value is -2.29. The number of unbranched alkanes of at least 4 members (excludes halogenated alkanes) is 60. The van der Waals surface area contributed by atoms with Crippen LogP contribution in [-0.4, -0.2) is 32.0 Å². The van der Waals surface area contributed by atoms with Crippen molar-refractivity contribution >= 4 is 17.2 Å². The normalized spacial score (nSPS) is 11.6. The molecular formula is C85H156N2O. The molecule has 512 valence electrons. The minimum absolute atomic E-state index is 0.221. The van der Waals surface area contributed by atoms with Gasteiger partial charge in [-0.1, -0.05) is 437 Å². The monoisotopic (exact) mass is 1220 g/mol. The zero-order valence-electron chi connectivity index (χ0n) is 60.5. The summed E-state index contributed by atoms with van der Waals surface area (Å²) < 4.78 is 0. The van der Waals surface area contributed by atoms with Crippen molar-refractivity contribution in [3.8, 4) is 0 Å². The highest BCUT2D eigenvalue weighted by Crippen LogP contribution is 2.31. The van der Waals surface area contributed by atoms with Crippen molar-refractivity contribution in [3.05, 3.63) is 59.7 Å². The number of hydrogen-bond donors (Lipinski definition) is 0. The SMILES string of the molecule is CCCCCCCCCCCCCCCCCCN(CCCCCCCCCCCCCCCCCC)c1ccccc1C(=O)c1ccccc1N(CCCCCCCCCCCCCCCCCC)CCCCCCCCCCCCCCCCCC. The molecule has 88 heavy (non-hydrogen) atoms. The quantitative estimate of drug-likeness (QED) is 0.0487. The molecule has 0 saturated heterocycles. The van der Waals surface area contributed by atoms with Gasteiger partial charge in [0.25, 0.3) is 0 Å². The van der Waals surface area contributed by atoms with Crippen molar-refractivity contribution in [3.63, 3.8) is 0 Å². The zero-order valence-corrected chi connectivity index (χ0v) is 60.5. The van der Waals surface area contributed by atoms with Crippen molar-refractivity contribution in [2.45, 2.75) is 439 Å². The van der Waals surface area contributed by atoms with Gasteiger partial charge in [0.1, 0.15) is 0 Å². The summed E-state index contributed by atoms with van der Waals surface area (Å²) in [6.45, 7) is 13.5. The first-order valence-corrected chi connectivity index (χ1v) is 40.9. The lowest BCUT2D eigenvalue weighted by atomic mass is 9.98. The molecule has 3 heteroatoms. The standard InChI is InChI=1S/C85H156N2O/c1-5-9-13-17-21-25-29-33-37-41-45-49-53-57-61-69-77-86(78-70-62-58-54-50-46-42-38-34-30-26-22-18-14-10-6-2)83-75-67-65-73-81(83)85(88)82-74-66-68-76-84(82)87(79-71-63-59-55-51-47-43-39-35-31-27-23-19-15-11-7-3)80-72-64-60-56-52-48-44-40-36-32-28-24-20-16-12-8-4/h65-68,73-76H,5-64,69-72,77-80H2,1-4H3. The molecule has 0 aliphatic carbocycles. The van der Waals surface area contributed by atoms with Crippen LogP contribution in [0.4, 0.5) is 11.4 Å². The van der Waals surface area contributed by atoms with Crippen molar-refractivity contribution in [2.24, 2.45) is 0 Å². The Labute approximate surface area is 553 Å². The van der Waals surface area contributed by atoms with Gasteiger partial charge in [0.15, 0.2) is 5.78 Å². The minimum atomic E-state index is 0.221. The molecule has 0 radical (unpaired) electrons. The first kappa shape index (κ1) is 81.8. The molecule has 0 spiro atoms. The third-order valence-electron chi connectivity index (χ3n) is 20.1. The minimum Gasteiger partial charge on any atom is -0.371 e. The van der Waals surface area contributed by atoms with Crippen LogP contribution in [0.2, 0.25) is 0 Å². The third-order valence-corrected chi connectivity index (χ3v) is 20.1. The first-order chi connectivity index (χ1) is 43.7. The van der Waals surface area contributed by atoms with Crippen molar-refractivity contribution in [2.75, 3.05) is 36.0 Å². The van der Waals surface area contributed by atoms with Crippen LogP contribution in [-0.2, 0) is 0 Å². The van der Waals surface area contributed by atoms with Crippen LogP contribution < -0.4 is 9.80 Å². The fraction of sp³-hybridized carbons (Fsp3) is 0.847. The van der Waals surface area contributed by atoms with Crippen LogP contribution in [0.1, 0.15) is 455 Å². The van der Waals surface area contributed by atoms with Gasteiger partial charge < -0.3 is 9.80 Å². The Bertz CT molecular complexity index is 1510. The number of anilines is 2. The maximum Gasteiger partial charge on any atom is 0.197 e. The number of rotatable bonds is 72. The van der Waals surface area contributed by atoms with Gasteiger partial charge in [0.05, 0.1) is 0 Å². The van der Waals surface area contributed by atoms with E-state index >= 15 is 4.79 Å². The number of nitrogens with zero attached hydrogens (tertiary/aromatic N) is 2. The highest BCUT2D eigenvalue weighted by atomic mass is 16.1. The van der Waals surface area contributed by atoms with E-state index in [1.54, 1.807) is 0 Å². The molecule has 0 amide bonds. The lowest BCUT2D eigenvalue weighted by Gasteiger charge is -2.29. The summed E-state index contributed by atoms with van der Waals surface area (Å²) in [6.07, 6.45) is 89.3. The summed E-state index contributed by atoms with van der Waals surface area (Å²) in [5.74, 6) is 0.221. The van der Waals surface area contributed by atoms with E-state index in [9.17, 15) is 0 Å². The number of carbonyl (C=O) groups excluding carboxylic acids is 1. The van der Waals surface area contributed by atoms with E-state index in [2.05, 4.69) is 86.0 Å². The summed E-state index contributed by atoms with van der Waals surface area (Å²) in [5, 5.41) is 0. The van der Waals surface area contributed by atoms with E-state index in [0.717, 1.165) is 37.3 Å². The fourth-order valence-corrected chi connectivity index (χ4v) is 14.1. The van der Waals surface area contributed by atoms with Gasteiger partial charge in [-0.15, -0.1) is 0 Å². The van der Waals surface area contributed by atoms with Gasteiger partial charge in [-0.2, -0.15) is 0 Å². The van der Waals surface area contributed by atoms with E-state index < -0.39 is 0 Å². The molecule has 3 nitrogen and oxygen atoms in total. The second kappa shape index (κ2) is 66.2.